The van der Waals surface area contributed by atoms with Gasteiger partial charge in [-0.25, -0.2) is 12.8 Å². The van der Waals surface area contributed by atoms with Crippen molar-refractivity contribution in [3.63, 3.8) is 0 Å². The Hall–Kier alpha value is 0.456. The molecular formula is C8F15KO4S. The van der Waals surface area contributed by atoms with E-state index in [0.29, 0.717) is 0 Å². The van der Waals surface area contributed by atoms with Gasteiger partial charge in [0.1, 0.15) is 0 Å². The van der Waals surface area contributed by atoms with Gasteiger partial charge in [0.2, 0.25) is 0 Å². The molecule has 0 saturated carbocycles. The van der Waals surface area contributed by atoms with Crippen molar-refractivity contribution in [3.05, 3.63) is 0 Å². The van der Waals surface area contributed by atoms with E-state index in [1.807, 2.05) is 0 Å². The third-order valence-corrected chi connectivity index (χ3v) is 4.34. The zero-order valence-electron chi connectivity index (χ0n) is 12.7. The number of ether oxygens (including phenoxy) is 1. The van der Waals surface area contributed by atoms with E-state index < -0.39 is 56.9 Å². The predicted octanol–water partition coefficient (Wildman–Crippen LogP) is 0.594. The third-order valence-electron chi connectivity index (χ3n) is 3.35. The average Bonchev–Trinajstić information content (AvgIpc) is 3.00. The molecule has 0 spiro atoms. The smallest absolute Gasteiger partial charge is 0.743 e. The van der Waals surface area contributed by atoms with Crippen LogP contribution >= 0.6 is 0 Å². The quantitative estimate of drug-likeness (QED) is 0.232. The number of alkyl halides is 15. The molecule has 0 N–H and O–H groups in total. The molecule has 1 rings (SSSR count). The summed E-state index contributed by atoms with van der Waals surface area (Å²) in [6.07, 6.45) is -16.1. The summed E-state index contributed by atoms with van der Waals surface area (Å²) in [6, 6.07) is 0. The molecule has 21 heteroatoms. The first-order valence-electron chi connectivity index (χ1n) is 5.70. The number of halogens is 15. The Kier molecular flexibility index (Phi) is 7.09. The van der Waals surface area contributed by atoms with E-state index in [1.54, 1.807) is 0 Å². The molecule has 1 saturated heterocycles. The van der Waals surface area contributed by atoms with Crippen molar-refractivity contribution in [1.29, 1.82) is 0 Å². The van der Waals surface area contributed by atoms with Crippen molar-refractivity contribution in [3.8, 4) is 0 Å². The van der Waals surface area contributed by atoms with E-state index in [9.17, 15) is 78.8 Å². The van der Waals surface area contributed by atoms with Crippen LogP contribution in [-0.2, 0) is 14.9 Å². The van der Waals surface area contributed by atoms with E-state index >= 15 is 0 Å². The van der Waals surface area contributed by atoms with Crippen molar-refractivity contribution < 1.29 is 135 Å². The average molecular weight is 516 g/mol. The second kappa shape index (κ2) is 6.98. The van der Waals surface area contributed by atoms with E-state index in [1.165, 1.54) is 0 Å². The van der Waals surface area contributed by atoms with Crippen LogP contribution < -0.4 is 51.4 Å². The van der Waals surface area contributed by atoms with Gasteiger partial charge in [0.25, 0.3) is 0 Å². The molecule has 0 aliphatic carbocycles. The first kappa shape index (κ1) is 29.5. The van der Waals surface area contributed by atoms with Gasteiger partial charge in [0, 0.05) is 0 Å². The molecule has 0 aromatic carbocycles. The van der Waals surface area contributed by atoms with E-state index in [-0.39, 0.29) is 51.4 Å². The zero-order valence-corrected chi connectivity index (χ0v) is 16.7. The van der Waals surface area contributed by atoms with Crippen LogP contribution in [0.3, 0.4) is 0 Å². The molecule has 0 radical (unpaired) electrons. The van der Waals surface area contributed by atoms with Crippen molar-refractivity contribution in [2.45, 2.75) is 46.8 Å². The molecule has 2 unspecified atom stereocenters. The molecular weight excluding hydrogens is 516 g/mol. The summed E-state index contributed by atoms with van der Waals surface area (Å²) in [6.45, 7) is 0. The number of epoxide rings is 1. The number of hydrogen-bond donors (Lipinski definition) is 0. The predicted molar refractivity (Wildman–Crippen MR) is 49.3 cm³/mol. The minimum absolute atomic E-state index is 0. The van der Waals surface area contributed by atoms with Gasteiger partial charge >= 0.3 is 98.2 Å². The topological polar surface area (TPSA) is 69.7 Å². The standard InChI is InChI=1S/C8HF15O4S.K/c9-1(3(12,13)6(17,18)19,4(14,15)7(20,21)22)2(10,11)5(16)8(23,27-5)28(24,25)26;/h(H,24,25,26);/q;+1/p-1. The molecule has 0 aromatic heterocycles. The van der Waals surface area contributed by atoms with E-state index in [4.69, 9.17) is 0 Å². The summed E-state index contributed by atoms with van der Waals surface area (Å²) >= 11 is 0. The van der Waals surface area contributed by atoms with Gasteiger partial charge in [0.15, 0.2) is 10.1 Å². The molecule has 4 nitrogen and oxygen atoms in total. The summed E-state index contributed by atoms with van der Waals surface area (Å²) < 4.78 is 226. The molecule has 1 aliphatic heterocycles. The van der Waals surface area contributed by atoms with E-state index in [2.05, 4.69) is 4.74 Å². The molecule has 1 fully saturated rings. The van der Waals surface area contributed by atoms with Gasteiger partial charge in [-0.3, -0.25) is 4.74 Å². The van der Waals surface area contributed by atoms with Gasteiger partial charge in [-0.15, -0.1) is 0 Å². The maximum absolute atomic E-state index is 13.9. The fourth-order valence-corrected chi connectivity index (χ4v) is 2.49. The maximum Gasteiger partial charge on any atom is 1.00 e. The van der Waals surface area contributed by atoms with Crippen LogP contribution in [0.4, 0.5) is 65.9 Å². The van der Waals surface area contributed by atoms with Crippen LogP contribution in [-0.4, -0.2) is 59.8 Å². The van der Waals surface area contributed by atoms with Crippen LogP contribution in [0.15, 0.2) is 0 Å². The minimum atomic E-state index is -8.77. The summed E-state index contributed by atoms with van der Waals surface area (Å²) in [5.41, 5.74) is -8.77. The first-order chi connectivity index (χ1) is 11.7. The summed E-state index contributed by atoms with van der Waals surface area (Å²) in [5.74, 6) is -32.2. The summed E-state index contributed by atoms with van der Waals surface area (Å²) in [5, 5.41) is -6.27. The molecule has 168 valence electrons. The molecule has 1 heterocycles. The van der Waals surface area contributed by atoms with Gasteiger partial charge in [-0.2, -0.15) is 61.5 Å². The van der Waals surface area contributed by atoms with Crippen LogP contribution in [0, 0.1) is 0 Å². The van der Waals surface area contributed by atoms with Crippen LogP contribution in [0.25, 0.3) is 0 Å². The molecule has 0 bridgehead atoms. The van der Waals surface area contributed by atoms with Gasteiger partial charge in [0.05, 0.1) is 0 Å². The Morgan fingerprint density at radius 3 is 1.14 bits per heavy atom. The number of hydrogen-bond acceptors (Lipinski definition) is 4. The SMILES string of the molecule is O=S(=O)([O-])C1(F)OC1(F)C(F)(F)C(F)(C(F)(F)C(F)(F)F)C(F)(F)C(F)(F)F.[K+]. The Labute approximate surface area is 190 Å². The zero-order chi connectivity index (χ0) is 23.2. The normalized spacial score (nSPS) is 27.4. The van der Waals surface area contributed by atoms with Crippen molar-refractivity contribution in [2.75, 3.05) is 0 Å². The largest absolute Gasteiger partial charge is 1.00 e. The molecule has 29 heavy (non-hydrogen) atoms. The Morgan fingerprint density at radius 1 is 0.690 bits per heavy atom. The molecule has 1 aliphatic rings. The van der Waals surface area contributed by atoms with Crippen LogP contribution in [0.1, 0.15) is 0 Å². The molecule has 2 atom stereocenters. The molecule has 0 aromatic rings. The second-order valence-corrected chi connectivity index (χ2v) is 6.50. The maximum atomic E-state index is 13.9. The molecule has 0 amide bonds. The summed E-state index contributed by atoms with van der Waals surface area (Å²) in [4.78, 5) is 0. The van der Waals surface area contributed by atoms with E-state index in [0.717, 1.165) is 0 Å². The second-order valence-electron chi connectivity index (χ2n) is 5.06. The Balaban J connectivity index is 0.00000784. The van der Waals surface area contributed by atoms with Gasteiger partial charge in [-0.05, 0) is 0 Å². The Morgan fingerprint density at radius 2 is 0.966 bits per heavy atom. The van der Waals surface area contributed by atoms with Gasteiger partial charge in [-0.1, -0.05) is 0 Å². The fraction of sp³-hybridized carbons (Fsp3) is 1.00. The summed E-state index contributed by atoms with van der Waals surface area (Å²) in [7, 11) is -7.35. The van der Waals surface area contributed by atoms with Crippen molar-refractivity contribution in [1.82, 2.24) is 0 Å². The Bertz CT molecular complexity index is 733. The monoisotopic (exact) mass is 516 g/mol. The van der Waals surface area contributed by atoms with Crippen molar-refractivity contribution in [2.24, 2.45) is 0 Å². The van der Waals surface area contributed by atoms with Crippen molar-refractivity contribution >= 4 is 10.1 Å². The van der Waals surface area contributed by atoms with Gasteiger partial charge < -0.3 is 4.55 Å². The first-order valence-corrected chi connectivity index (χ1v) is 7.11. The minimum Gasteiger partial charge on any atom is -0.743 e. The van der Waals surface area contributed by atoms with Crippen LogP contribution in [0.5, 0.6) is 0 Å². The number of rotatable bonds is 5. The third kappa shape index (κ3) is 3.41. The van der Waals surface area contributed by atoms with Crippen LogP contribution in [0.2, 0.25) is 0 Å². The fourth-order valence-electron chi connectivity index (χ4n) is 1.82.